The molecular weight excluding hydrogens is 238 g/mol. The van der Waals surface area contributed by atoms with Gasteiger partial charge in [0.2, 0.25) is 5.76 Å². The second kappa shape index (κ2) is 5.14. The lowest BCUT2D eigenvalue weighted by Gasteiger charge is -2.36. The smallest absolute Gasteiger partial charge is 0.371 e. The summed E-state index contributed by atoms with van der Waals surface area (Å²) in [5, 5.41) is 8.83. The monoisotopic (exact) mass is 255 g/mol. The van der Waals surface area contributed by atoms with E-state index < -0.39 is 5.97 Å². The summed E-state index contributed by atoms with van der Waals surface area (Å²) in [7, 11) is 0. The quantitative estimate of drug-likeness (QED) is 0.899. The molecule has 2 unspecified atom stereocenters. The third-order valence-corrected chi connectivity index (χ3v) is 4.36. The Morgan fingerprint density at radius 1 is 1.65 bits per heavy atom. The predicted molar refractivity (Wildman–Crippen MR) is 67.6 cm³/mol. The van der Waals surface area contributed by atoms with Gasteiger partial charge in [-0.15, -0.1) is 0 Å². The molecule has 5 heteroatoms. The van der Waals surface area contributed by atoms with E-state index in [1.54, 1.807) is 6.07 Å². The lowest BCUT2D eigenvalue weighted by Crippen LogP contribution is -2.41. The molecule has 17 heavy (non-hydrogen) atoms. The normalized spacial score (nSPS) is 23.5. The third kappa shape index (κ3) is 2.66. The molecule has 94 valence electrons. The van der Waals surface area contributed by atoms with E-state index in [4.69, 9.17) is 9.52 Å². The highest BCUT2D eigenvalue weighted by Crippen LogP contribution is 2.28. The van der Waals surface area contributed by atoms with Gasteiger partial charge in [0.05, 0.1) is 6.04 Å². The van der Waals surface area contributed by atoms with Crippen molar-refractivity contribution in [3.05, 3.63) is 23.7 Å². The van der Waals surface area contributed by atoms with E-state index in [1.165, 1.54) is 6.07 Å². The van der Waals surface area contributed by atoms with Gasteiger partial charge in [0, 0.05) is 24.1 Å². The van der Waals surface area contributed by atoms with Crippen LogP contribution in [0.5, 0.6) is 0 Å². The SMILES string of the molecule is CC1CSCCN1C(C)c1ccc(C(=O)O)o1. The molecule has 0 aliphatic carbocycles. The number of carbonyl (C=O) groups is 1. The zero-order valence-electron chi connectivity index (χ0n) is 10.0. The van der Waals surface area contributed by atoms with Crippen molar-refractivity contribution in [2.45, 2.75) is 25.9 Å². The fraction of sp³-hybridized carbons (Fsp3) is 0.583. The molecule has 1 aromatic heterocycles. The summed E-state index contributed by atoms with van der Waals surface area (Å²) in [6, 6.07) is 3.93. The van der Waals surface area contributed by atoms with E-state index in [1.807, 2.05) is 11.8 Å². The van der Waals surface area contributed by atoms with Gasteiger partial charge >= 0.3 is 5.97 Å². The van der Waals surface area contributed by atoms with Gasteiger partial charge in [-0.05, 0) is 26.0 Å². The molecule has 2 atom stereocenters. The van der Waals surface area contributed by atoms with Gasteiger partial charge in [0.15, 0.2) is 0 Å². The van der Waals surface area contributed by atoms with Crippen molar-refractivity contribution in [1.29, 1.82) is 0 Å². The van der Waals surface area contributed by atoms with Crippen molar-refractivity contribution < 1.29 is 14.3 Å². The highest BCUT2D eigenvalue weighted by atomic mass is 32.2. The number of carboxylic acids is 1. The van der Waals surface area contributed by atoms with Crippen molar-refractivity contribution in [1.82, 2.24) is 4.90 Å². The molecule has 1 fully saturated rings. The summed E-state index contributed by atoms with van der Waals surface area (Å²) in [6.07, 6.45) is 0. The molecule has 0 radical (unpaired) electrons. The third-order valence-electron chi connectivity index (χ3n) is 3.17. The first-order valence-corrected chi connectivity index (χ1v) is 6.91. The highest BCUT2D eigenvalue weighted by molar-refractivity contribution is 7.99. The molecule has 0 amide bonds. The molecule has 0 aromatic carbocycles. The molecule has 1 aromatic rings. The Hall–Kier alpha value is -0.940. The minimum atomic E-state index is -1.01. The van der Waals surface area contributed by atoms with Crippen molar-refractivity contribution in [3.63, 3.8) is 0 Å². The van der Waals surface area contributed by atoms with Gasteiger partial charge in [-0.2, -0.15) is 11.8 Å². The highest BCUT2D eigenvalue weighted by Gasteiger charge is 2.26. The van der Waals surface area contributed by atoms with Crippen LogP contribution >= 0.6 is 11.8 Å². The van der Waals surface area contributed by atoms with Crippen LogP contribution in [0.1, 0.15) is 36.2 Å². The van der Waals surface area contributed by atoms with Crippen LogP contribution in [0.15, 0.2) is 16.5 Å². The van der Waals surface area contributed by atoms with Gasteiger partial charge in [-0.25, -0.2) is 4.79 Å². The van der Waals surface area contributed by atoms with E-state index in [9.17, 15) is 4.79 Å². The molecule has 0 bridgehead atoms. The fourth-order valence-electron chi connectivity index (χ4n) is 2.17. The zero-order chi connectivity index (χ0) is 12.4. The van der Waals surface area contributed by atoms with E-state index in [0.29, 0.717) is 6.04 Å². The number of aromatic carboxylic acids is 1. The maximum Gasteiger partial charge on any atom is 0.371 e. The minimum absolute atomic E-state index is 0.0193. The van der Waals surface area contributed by atoms with Crippen molar-refractivity contribution >= 4 is 17.7 Å². The number of carboxylic acid groups (broad SMARTS) is 1. The standard InChI is InChI=1S/C12H17NO3S/c1-8-7-17-6-5-13(8)9(2)10-3-4-11(16-10)12(14)15/h3-4,8-9H,5-7H2,1-2H3,(H,14,15). The van der Waals surface area contributed by atoms with Crippen LogP contribution in [-0.2, 0) is 0 Å². The van der Waals surface area contributed by atoms with E-state index >= 15 is 0 Å². The molecule has 1 aliphatic heterocycles. The first kappa shape index (κ1) is 12.5. The van der Waals surface area contributed by atoms with E-state index in [0.717, 1.165) is 23.8 Å². The van der Waals surface area contributed by atoms with Crippen LogP contribution in [-0.4, -0.2) is 40.1 Å². The summed E-state index contributed by atoms with van der Waals surface area (Å²) in [6.45, 7) is 5.29. The van der Waals surface area contributed by atoms with E-state index in [2.05, 4.69) is 18.7 Å². The molecule has 1 N–H and O–H groups in total. The Bertz CT molecular complexity index is 404. The Balaban J connectivity index is 2.12. The number of thioether (sulfide) groups is 1. The molecule has 2 rings (SSSR count). The average Bonchev–Trinajstić information content (AvgIpc) is 2.78. The topological polar surface area (TPSA) is 53.7 Å². The first-order chi connectivity index (χ1) is 8.09. The lowest BCUT2D eigenvalue weighted by atomic mass is 10.1. The maximum atomic E-state index is 10.8. The van der Waals surface area contributed by atoms with Crippen molar-refractivity contribution in [2.75, 3.05) is 18.1 Å². The van der Waals surface area contributed by atoms with Crippen LogP contribution in [0.4, 0.5) is 0 Å². The number of furan rings is 1. The minimum Gasteiger partial charge on any atom is -0.475 e. The maximum absolute atomic E-state index is 10.8. The Kier molecular flexibility index (Phi) is 3.79. The Morgan fingerprint density at radius 3 is 3.00 bits per heavy atom. The molecular formula is C12H17NO3S. The van der Waals surface area contributed by atoms with Gasteiger partial charge in [0.1, 0.15) is 5.76 Å². The van der Waals surface area contributed by atoms with Crippen LogP contribution < -0.4 is 0 Å². The molecule has 1 saturated heterocycles. The summed E-state index contributed by atoms with van der Waals surface area (Å²) >= 11 is 1.96. The largest absolute Gasteiger partial charge is 0.475 e. The number of nitrogens with zero attached hydrogens (tertiary/aromatic N) is 1. The Labute approximate surface area is 105 Å². The van der Waals surface area contributed by atoms with Crippen molar-refractivity contribution in [2.24, 2.45) is 0 Å². The van der Waals surface area contributed by atoms with Crippen molar-refractivity contribution in [3.8, 4) is 0 Å². The number of rotatable bonds is 3. The molecule has 4 nitrogen and oxygen atoms in total. The fourth-order valence-corrected chi connectivity index (χ4v) is 3.21. The molecule has 1 aliphatic rings. The number of hydrogen-bond acceptors (Lipinski definition) is 4. The summed E-state index contributed by atoms with van der Waals surface area (Å²) in [5.74, 6) is 2.00. The Morgan fingerprint density at radius 2 is 2.41 bits per heavy atom. The molecule has 0 spiro atoms. The predicted octanol–water partition coefficient (Wildman–Crippen LogP) is 2.48. The van der Waals surface area contributed by atoms with Gasteiger partial charge in [-0.3, -0.25) is 4.90 Å². The second-order valence-electron chi connectivity index (χ2n) is 4.34. The lowest BCUT2D eigenvalue weighted by molar-refractivity contribution is 0.0654. The van der Waals surface area contributed by atoms with Gasteiger partial charge in [0.25, 0.3) is 0 Å². The van der Waals surface area contributed by atoms with Crippen LogP contribution in [0.25, 0.3) is 0 Å². The summed E-state index contributed by atoms with van der Waals surface area (Å²) in [5.41, 5.74) is 0. The average molecular weight is 255 g/mol. The van der Waals surface area contributed by atoms with Gasteiger partial charge in [-0.1, -0.05) is 0 Å². The summed E-state index contributed by atoms with van der Waals surface area (Å²) < 4.78 is 5.36. The number of hydrogen-bond donors (Lipinski definition) is 1. The van der Waals surface area contributed by atoms with Crippen LogP contribution in [0.2, 0.25) is 0 Å². The molecule has 2 heterocycles. The first-order valence-electron chi connectivity index (χ1n) is 5.76. The van der Waals surface area contributed by atoms with Crippen LogP contribution in [0.3, 0.4) is 0 Å². The molecule has 0 saturated carbocycles. The van der Waals surface area contributed by atoms with Crippen LogP contribution in [0, 0.1) is 0 Å². The van der Waals surface area contributed by atoms with Gasteiger partial charge < -0.3 is 9.52 Å². The second-order valence-corrected chi connectivity index (χ2v) is 5.49. The summed E-state index contributed by atoms with van der Waals surface area (Å²) in [4.78, 5) is 13.1. The zero-order valence-corrected chi connectivity index (χ0v) is 10.9. The van der Waals surface area contributed by atoms with E-state index in [-0.39, 0.29) is 11.8 Å².